The molecule has 3 heteroatoms. The third kappa shape index (κ3) is 1.93. The Kier molecular flexibility index (Phi) is 2.77. The van der Waals surface area contributed by atoms with Gasteiger partial charge in [-0.05, 0) is 30.2 Å². The molecule has 0 aromatic heterocycles. The van der Waals surface area contributed by atoms with Crippen molar-refractivity contribution in [3.05, 3.63) is 29.8 Å². The predicted molar refractivity (Wildman–Crippen MR) is 56.6 cm³/mol. The van der Waals surface area contributed by atoms with E-state index in [0.29, 0.717) is 6.42 Å². The lowest BCUT2D eigenvalue weighted by molar-refractivity contribution is -0.141. The highest BCUT2D eigenvalue weighted by molar-refractivity contribution is 7.99. The smallest absolute Gasteiger partial charge is 0.306 e. The minimum atomic E-state index is -0.665. The molecule has 1 heterocycles. The van der Waals surface area contributed by atoms with E-state index in [0.717, 1.165) is 12.2 Å². The molecule has 0 radical (unpaired) electrons. The van der Waals surface area contributed by atoms with Crippen LogP contribution >= 0.6 is 11.8 Å². The zero-order valence-corrected chi connectivity index (χ0v) is 8.59. The summed E-state index contributed by atoms with van der Waals surface area (Å²) in [5, 5.41) is 8.98. The highest BCUT2D eigenvalue weighted by Crippen LogP contribution is 2.31. The predicted octanol–water partition coefficient (Wildman–Crippen LogP) is 2.43. The van der Waals surface area contributed by atoms with Crippen molar-refractivity contribution < 1.29 is 9.90 Å². The Balaban J connectivity index is 2.26. The molecule has 1 N–H and O–H groups in total. The Bertz CT molecular complexity index is 349. The highest BCUT2D eigenvalue weighted by atomic mass is 32.2. The maximum atomic E-state index is 10.9. The van der Waals surface area contributed by atoms with Gasteiger partial charge in [0.05, 0.1) is 5.92 Å². The van der Waals surface area contributed by atoms with Gasteiger partial charge in [-0.1, -0.05) is 18.2 Å². The van der Waals surface area contributed by atoms with Crippen LogP contribution in [0.1, 0.15) is 12.0 Å². The normalized spacial score (nSPS) is 21.0. The van der Waals surface area contributed by atoms with Gasteiger partial charge < -0.3 is 5.11 Å². The molecule has 74 valence electrons. The molecular formula is C11H12O2S. The van der Waals surface area contributed by atoms with Crippen LogP contribution in [0.5, 0.6) is 0 Å². The van der Waals surface area contributed by atoms with Crippen molar-refractivity contribution >= 4 is 17.7 Å². The first-order valence-electron chi connectivity index (χ1n) is 4.71. The van der Waals surface area contributed by atoms with Gasteiger partial charge in [-0.25, -0.2) is 0 Å². The van der Waals surface area contributed by atoms with E-state index >= 15 is 0 Å². The Labute approximate surface area is 87.3 Å². The van der Waals surface area contributed by atoms with Crippen molar-refractivity contribution in [1.29, 1.82) is 0 Å². The van der Waals surface area contributed by atoms with Crippen molar-refractivity contribution in [2.75, 3.05) is 5.75 Å². The van der Waals surface area contributed by atoms with E-state index in [-0.39, 0.29) is 5.92 Å². The lowest BCUT2D eigenvalue weighted by atomic mass is 9.97. The Morgan fingerprint density at radius 2 is 2.21 bits per heavy atom. The number of hydrogen-bond donors (Lipinski definition) is 1. The summed E-state index contributed by atoms with van der Waals surface area (Å²) in [6, 6.07) is 8.09. The van der Waals surface area contributed by atoms with Crippen LogP contribution in [0.3, 0.4) is 0 Å². The van der Waals surface area contributed by atoms with E-state index in [4.69, 9.17) is 5.11 Å². The van der Waals surface area contributed by atoms with E-state index in [1.54, 1.807) is 11.8 Å². The maximum Gasteiger partial charge on any atom is 0.306 e. The largest absolute Gasteiger partial charge is 0.481 e. The molecule has 0 aliphatic carbocycles. The molecule has 0 spiro atoms. The topological polar surface area (TPSA) is 37.3 Å². The van der Waals surface area contributed by atoms with Crippen LogP contribution in [0.25, 0.3) is 0 Å². The van der Waals surface area contributed by atoms with E-state index < -0.39 is 5.97 Å². The minimum absolute atomic E-state index is 0.203. The first kappa shape index (κ1) is 9.59. The number of carboxylic acids is 1. The summed E-state index contributed by atoms with van der Waals surface area (Å²) in [5.41, 5.74) is 1.18. The van der Waals surface area contributed by atoms with Gasteiger partial charge in [0.2, 0.25) is 0 Å². The zero-order chi connectivity index (χ0) is 9.97. The number of benzene rings is 1. The molecule has 0 fully saturated rings. The number of carboxylic acid groups (broad SMARTS) is 1. The number of fused-ring (bicyclic) bond motifs is 1. The fourth-order valence-electron chi connectivity index (χ4n) is 1.70. The van der Waals surface area contributed by atoms with Gasteiger partial charge in [0.15, 0.2) is 0 Å². The third-order valence-electron chi connectivity index (χ3n) is 2.51. The van der Waals surface area contributed by atoms with Crippen molar-refractivity contribution in [2.24, 2.45) is 5.92 Å². The molecule has 1 aliphatic heterocycles. The van der Waals surface area contributed by atoms with Crippen LogP contribution in [0.4, 0.5) is 0 Å². The van der Waals surface area contributed by atoms with Crippen molar-refractivity contribution in [3.8, 4) is 0 Å². The van der Waals surface area contributed by atoms with Gasteiger partial charge in [-0.2, -0.15) is 0 Å². The summed E-state index contributed by atoms with van der Waals surface area (Å²) in [5.74, 6) is 0.0435. The summed E-state index contributed by atoms with van der Waals surface area (Å²) < 4.78 is 0. The average molecular weight is 208 g/mol. The number of aliphatic carboxylic acids is 1. The molecule has 1 aromatic rings. The van der Waals surface area contributed by atoms with Crippen LogP contribution in [0.2, 0.25) is 0 Å². The zero-order valence-electron chi connectivity index (χ0n) is 7.77. The fourth-order valence-corrected chi connectivity index (χ4v) is 2.84. The Morgan fingerprint density at radius 3 is 3.00 bits per heavy atom. The van der Waals surface area contributed by atoms with Gasteiger partial charge in [0.25, 0.3) is 0 Å². The molecule has 1 aliphatic rings. The Hall–Kier alpha value is -0.960. The lowest BCUT2D eigenvalue weighted by Gasteiger charge is -2.08. The summed E-state index contributed by atoms with van der Waals surface area (Å²) in [6.45, 7) is 0. The van der Waals surface area contributed by atoms with Gasteiger partial charge in [-0.15, -0.1) is 11.8 Å². The first-order chi connectivity index (χ1) is 6.77. The van der Waals surface area contributed by atoms with Crippen LogP contribution in [-0.4, -0.2) is 16.8 Å². The van der Waals surface area contributed by atoms with Crippen LogP contribution in [-0.2, 0) is 11.2 Å². The minimum Gasteiger partial charge on any atom is -0.481 e. The van der Waals surface area contributed by atoms with Gasteiger partial charge in [-0.3, -0.25) is 4.79 Å². The molecule has 2 rings (SSSR count). The number of hydrogen-bond acceptors (Lipinski definition) is 2. The van der Waals surface area contributed by atoms with Gasteiger partial charge in [0, 0.05) is 4.90 Å². The molecule has 14 heavy (non-hydrogen) atoms. The maximum absolute atomic E-state index is 10.9. The van der Waals surface area contributed by atoms with Crippen LogP contribution in [0.15, 0.2) is 29.2 Å². The number of rotatable bonds is 1. The summed E-state index contributed by atoms with van der Waals surface area (Å²) in [6.07, 6.45) is 1.45. The summed E-state index contributed by atoms with van der Waals surface area (Å²) in [4.78, 5) is 12.2. The lowest BCUT2D eigenvalue weighted by Crippen LogP contribution is -2.16. The molecule has 0 bridgehead atoms. The molecule has 1 unspecified atom stereocenters. The standard InChI is InChI=1S/C11H12O2S/c12-11(13)9-5-6-14-10-4-2-1-3-8(10)7-9/h1-4,9H,5-7H2,(H,12,13). The summed E-state index contributed by atoms with van der Waals surface area (Å²) >= 11 is 1.77. The average Bonchev–Trinajstić information content (AvgIpc) is 2.39. The molecule has 1 atom stereocenters. The van der Waals surface area contributed by atoms with E-state index in [2.05, 4.69) is 6.07 Å². The molecule has 2 nitrogen and oxygen atoms in total. The van der Waals surface area contributed by atoms with Crippen molar-refractivity contribution in [2.45, 2.75) is 17.7 Å². The number of carbonyl (C=O) groups is 1. The fraction of sp³-hybridized carbons (Fsp3) is 0.364. The monoisotopic (exact) mass is 208 g/mol. The molecule has 0 saturated carbocycles. The molecule has 0 amide bonds. The third-order valence-corrected chi connectivity index (χ3v) is 3.66. The second-order valence-electron chi connectivity index (χ2n) is 3.48. The van der Waals surface area contributed by atoms with E-state index in [1.807, 2.05) is 18.2 Å². The quantitative estimate of drug-likeness (QED) is 0.770. The molecular weight excluding hydrogens is 196 g/mol. The highest BCUT2D eigenvalue weighted by Gasteiger charge is 2.22. The van der Waals surface area contributed by atoms with Crippen LogP contribution in [0, 0.1) is 5.92 Å². The number of thioether (sulfide) groups is 1. The SMILES string of the molecule is O=C(O)C1CCSc2ccccc2C1. The van der Waals surface area contributed by atoms with Gasteiger partial charge in [0.1, 0.15) is 0 Å². The van der Waals surface area contributed by atoms with E-state index in [9.17, 15) is 4.79 Å². The van der Waals surface area contributed by atoms with Gasteiger partial charge >= 0.3 is 5.97 Å². The van der Waals surface area contributed by atoms with E-state index in [1.165, 1.54) is 10.5 Å². The Morgan fingerprint density at radius 1 is 1.43 bits per heavy atom. The second-order valence-corrected chi connectivity index (χ2v) is 4.62. The van der Waals surface area contributed by atoms with Crippen molar-refractivity contribution in [3.63, 3.8) is 0 Å². The first-order valence-corrected chi connectivity index (χ1v) is 5.69. The van der Waals surface area contributed by atoms with Crippen LogP contribution < -0.4 is 0 Å². The summed E-state index contributed by atoms with van der Waals surface area (Å²) in [7, 11) is 0. The molecule has 0 saturated heterocycles. The second kappa shape index (κ2) is 4.05. The molecule has 1 aromatic carbocycles. The van der Waals surface area contributed by atoms with Crippen molar-refractivity contribution in [1.82, 2.24) is 0 Å².